The number of aryl methyl sites for hydroxylation is 1. The van der Waals surface area contributed by atoms with E-state index in [9.17, 15) is 4.79 Å². The lowest BCUT2D eigenvalue weighted by molar-refractivity contribution is -0.124. The monoisotopic (exact) mass is 289 g/mol. The van der Waals surface area contributed by atoms with Gasteiger partial charge in [-0.15, -0.1) is 0 Å². The maximum Gasteiger partial charge on any atom is 0.245 e. The number of nitrogens with one attached hydrogen (secondary N) is 1. The zero-order valence-corrected chi connectivity index (χ0v) is 12.5. The standard InChI is InChI=1S/C16H23N3O2/c1-11-3-2-4-12(9-17)15(11)19-7-8-21-10-14(19)16(20)18-13-5-6-13/h2-4,13-14H,5-10,17H2,1H3,(H,18,20). The second-order valence-electron chi connectivity index (χ2n) is 5.85. The molecule has 1 unspecified atom stereocenters. The predicted molar refractivity (Wildman–Crippen MR) is 82.2 cm³/mol. The van der Waals surface area contributed by atoms with Crippen molar-refractivity contribution in [3.8, 4) is 0 Å². The van der Waals surface area contributed by atoms with E-state index in [4.69, 9.17) is 10.5 Å². The number of morpholine rings is 1. The van der Waals surface area contributed by atoms with Crippen molar-refractivity contribution in [2.75, 3.05) is 24.7 Å². The summed E-state index contributed by atoms with van der Waals surface area (Å²) in [6, 6.07) is 6.23. The van der Waals surface area contributed by atoms with Gasteiger partial charge in [0.1, 0.15) is 6.04 Å². The number of benzene rings is 1. The number of anilines is 1. The smallest absolute Gasteiger partial charge is 0.245 e. The summed E-state index contributed by atoms with van der Waals surface area (Å²) in [5.74, 6) is 0.0726. The summed E-state index contributed by atoms with van der Waals surface area (Å²) in [6.07, 6.45) is 2.19. The van der Waals surface area contributed by atoms with Crippen LogP contribution in [0.25, 0.3) is 0 Å². The van der Waals surface area contributed by atoms with Crippen molar-refractivity contribution in [2.45, 2.75) is 38.4 Å². The fourth-order valence-electron chi connectivity index (χ4n) is 2.91. The summed E-state index contributed by atoms with van der Waals surface area (Å²) in [5.41, 5.74) is 9.22. The highest BCUT2D eigenvalue weighted by Crippen LogP contribution is 2.29. The normalized spacial score (nSPS) is 22.2. The number of carbonyl (C=O) groups is 1. The SMILES string of the molecule is Cc1cccc(CN)c1N1CCOCC1C(=O)NC1CC1. The molecule has 1 aliphatic heterocycles. The van der Waals surface area contributed by atoms with Gasteiger partial charge in [0.05, 0.1) is 13.2 Å². The molecular weight excluding hydrogens is 266 g/mol. The van der Waals surface area contributed by atoms with Crippen molar-refractivity contribution in [3.63, 3.8) is 0 Å². The van der Waals surface area contributed by atoms with Gasteiger partial charge < -0.3 is 20.7 Å². The van der Waals surface area contributed by atoms with Crippen LogP contribution < -0.4 is 16.0 Å². The fourth-order valence-corrected chi connectivity index (χ4v) is 2.91. The summed E-state index contributed by atoms with van der Waals surface area (Å²) in [6.45, 7) is 4.36. The van der Waals surface area contributed by atoms with E-state index in [0.717, 1.165) is 36.2 Å². The van der Waals surface area contributed by atoms with E-state index in [1.807, 2.05) is 12.1 Å². The largest absolute Gasteiger partial charge is 0.377 e. The summed E-state index contributed by atoms with van der Waals surface area (Å²) in [7, 11) is 0. The molecule has 21 heavy (non-hydrogen) atoms. The number of nitrogens with two attached hydrogens (primary N) is 1. The number of hydrogen-bond acceptors (Lipinski definition) is 4. The highest BCUT2D eigenvalue weighted by Gasteiger charge is 2.34. The van der Waals surface area contributed by atoms with E-state index in [1.54, 1.807) is 0 Å². The number of hydrogen-bond donors (Lipinski definition) is 2. The third-order valence-corrected chi connectivity index (χ3v) is 4.18. The van der Waals surface area contributed by atoms with Gasteiger partial charge in [0.15, 0.2) is 0 Å². The number of para-hydroxylation sites is 1. The van der Waals surface area contributed by atoms with Gasteiger partial charge in [-0.05, 0) is 30.9 Å². The lowest BCUT2D eigenvalue weighted by Gasteiger charge is -2.38. The molecule has 1 saturated heterocycles. The molecule has 0 bridgehead atoms. The molecule has 1 amide bonds. The Labute approximate surface area is 125 Å². The second-order valence-corrected chi connectivity index (χ2v) is 5.85. The lowest BCUT2D eigenvalue weighted by atomic mass is 10.0. The number of amides is 1. The Morgan fingerprint density at radius 3 is 3.00 bits per heavy atom. The summed E-state index contributed by atoms with van der Waals surface area (Å²) in [4.78, 5) is 14.6. The minimum atomic E-state index is -0.259. The van der Waals surface area contributed by atoms with Gasteiger partial charge in [0, 0.05) is 24.8 Å². The first kappa shape index (κ1) is 14.4. The van der Waals surface area contributed by atoms with Crippen LogP contribution in [0.15, 0.2) is 18.2 Å². The third-order valence-electron chi connectivity index (χ3n) is 4.18. The predicted octanol–water partition coefficient (Wildman–Crippen LogP) is 0.938. The van der Waals surface area contributed by atoms with E-state index < -0.39 is 0 Å². The molecule has 2 aliphatic rings. The van der Waals surface area contributed by atoms with Crippen molar-refractivity contribution in [3.05, 3.63) is 29.3 Å². The molecule has 2 fully saturated rings. The Balaban J connectivity index is 1.88. The Bertz CT molecular complexity index is 528. The van der Waals surface area contributed by atoms with E-state index >= 15 is 0 Å². The molecule has 1 heterocycles. The van der Waals surface area contributed by atoms with Gasteiger partial charge >= 0.3 is 0 Å². The van der Waals surface area contributed by atoms with Gasteiger partial charge in [0.25, 0.3) is 0 Å². The minimum Gasteiger partial charge on any atom is -0.377 e. The molecule has 1 saturated carbocycles. The molecule has 0 aromatic heterocycles. The zero-order chi connectivity index (χ0) is 14.8. The third kappa shape index (κ3) is 3.04. The maximum atomic E-state index is 12.5. The summed E-state index contributed by atoms with van der Waals surface area (Å²) >= 11 is 0. The molecule has 3 rings (SSSR count). The quantitative estimate of drug-likeness (QED) is 0.865. The molecule has 1 atom stereocenters. The average molecular weight is 289 g/mol. The van der Waals surface area contributed by atoms with E-state index in [2.05, 4.69) is 23.2 Å². The summed E-state index contributed by atoms with van der Waals surface area (Å²) in [5, 5.41) is 3.09. The van der Waals surface area contributed by atoms with E-state index in [1.165, 1.54) is 0 Å². The van der Waals surface area contributed by atoms with E-state index in [0.29, 0.717) is 25.8 Å². The van der Waals surface area contributed by atoms with Crippen molar-refractivity contribution in [1.82, 2.24) is 5.32 Å². The highest BCUT2D eigenvalue weighted by atomic mass is 16.5. The molecule has 114 valence electrons. The summed E-state index contributed by atoms with van der Waals surface area (Å²) < 4.78 is 5.54. The van der Waals surface area contributed by atoms with Gasteiger partial charge in [-0.1, -0.05) is 18.2 Å². The van der Waals surface area contributed by atoms with Crippen molar-refractivity contribution in [1.29, 1.82) is 0 Å². The minimum absolute atomic E-state index is 0.0726. The van der Waals surface area contributed by atoms with Gasteiger partial charge in [-0.2, -0.15) is 0 Å². The second kappa shape index (κ2) is 6.03. The Morgan fingerprint density at radius 1 is 1.48 bits per heavy atom. The molecule has 0 spiro atoms. The van der Waals surface area contributed by atoms with Crippen LogP contribution in [0.4, 0.5) is 5.69 Å². The van der Waals surface area contributed by atoms with Crippen LogP contribution in [0.5, 0.6) is 0 Å². The van der Waals surface area contributed by atoms with Crippen LogP contribution in [0.3, 0.4) is 0 Å². The van der Waals surface area contributed by atoms with Crippen LogP contribution in [-0.4, -0.2) is 37.7 Å². The molecule has 0 radical (unpaired) electrons. The fraction of sp³-hybridized carbons (Fsp3) is 0.562. The Morgan fingerprint density at radius 2 is 2.29 bits per heavy atom. The molecular formula is C16H23N3O2. The zero-order valence-electron chi connectivity index (χ0n) is 12.5. The first-order valence-corrected chi connectivity index (χ1v) is 7.64. The Kier molecular flexibility index (Phi) is 4.12. The molecule has 5 heteroatoms. The molecule has 3 N–H and O–H groups in total. The van der Waals surface area contributed by atoms with Crippen molar-refractivity contribution >= 4 is 11.6 Å². The molecule has 5 nitrogen and oxygen atoms in total. The first-order valence-electron chi connectivity index (χ1n) is 7.64. The van der Waals surface area contributed by atoms with Gasteiger partial charge in [-0.3, -0.25) is 4.79 Å². The number of nitrogens with zero attached hydrogens (tertiary/aromatic N) is 1. The molecule has 1 aliphatic carbocycles. The highest BCUT2D eigenvalue weighted by molar-refractivity contribution is 5.86. The van der Waals surface area contributed by atoms with Crippen LogP contribution >= 0.6 is 0 Å². The van der Waals surface area contributed by atoms with E-state index in [-0.39, 0.29) is 11.9 Å². The van der Waals surface area contributed by atoms with Crippen LogP contribution in [0, 0.1) is 6.92 Å². The lowest BCUT2D eigenvalue weighted by Crippen LogP contribution is -2.55. The Hall–Kier alpha value is -1.59. The topological polar surface area (TPSA) is 67.6 Å². The van der Waals surface area contributed by atoms with Crippen molar-refractivity contribution in [2.24, 2.45) is 5.73 Å². The molecule has 1 aromatic carbocycles. The van der Waals surface area contributed by atoms with Gasteiger partial charge in [0.2, 0.25) is 5.91 Å². The van der Waals surface area contributed by atoms with Crippen molar-refractivity contribution < 1.29 is 9.53 Å². The van der Waals surface area contributed by atoms with Gasteiger partial charge in [-0.25, -0.2) is 0 Å². The average Bonchev–Trinajstić information content (AvgIpc) is 3.31. The first-order chi connectivity index (χ1) is 10.2. The van der Waals surface area contributed by atoms with Crippen LogP contribution in [-0.2, 0) is 16.1 Å². The number of ether oxygens (including phenoxy) is 1. The number of carbonyl (C=O) groups excluding carboxylic acids is 1. The van der Waals surface area contributed by atoms with Crippen LogP contribution in [0.2, 0.25) is 0 Å². The maximum absolute atomic E-state index is 12.5. The molecule has 1 aromatic rings. The van der Waals surface area contributed by atoms with Crippen LogP contribution in [0.1, 0.15) is 24.0 Å². The number of rotatable bonds is 4.